The summed E-state index contributed by atoms with van der Waals surface area (Å²) in [6.07, 6.45) is 0. The summed E-state index contributed by atoms with van der Waals surface area (Å²) in [5.41, 5.74) is 0.992. The quantitative estimate of drug-likeness (QED) is 0.368. The lowest BCUT2D eigenvalue weighted by molar-refractivity contribution is -0.143. The van der Waals surface area contributed by atoms with E-state index in [4.69, 9.17) is 14.2 Å². The minimum Gasteiger partial charge on any atom is -0.495 e. The summed E-state index contributed by atoms with van der Waals surface area (Å²) in [6.45, 7) is 1.91. The molecule has 0 saturated carbocycles. The Hall–Kier alpha value is -3.91. The Morgan fingerprint density at radius 1 is 0.939 bits per heavy atom. The molecule has 0 spiro atoms. The average molecular weight is 463 g/mol. The summed E-state index contributed by atoms with van der Waals surface area (Å²) in [7, 11) is 1.56. The van der Waals surface area contributed by atoms with Gasteiger partial charge in [-0.2, -0.15) is 4.99 Å². The van der Waals surface area contributed by atoms with Crippen LogP contribution in [-0.2, 0) is 16.1 Å². The molecule has 4 rings (SSSR count). The van der Waals surface area contributed by atoms with Crippen LogP contribution in [0.4, 0.5) is 0 Å². The number of carbonyl (C=O) groups is 2. The van der Waals surface area contributed by atoms with Gasteiger partial charge in [0.25, 0.3) is 5.91 Å². The van der Waals surface area contributed by atoms with E-state index >= 15 is 0 Å². The molecule has 0 fully saturated rings. The van der Waals surface area contributed by atoms with Crippen LogP contribution in [0.15, 0.2) is 77.8 Å². The molecule has 0 aliphatic rings. The third kappa shape index (κ3) is 4.96. The molecule has 7 nitrogen and oxygen atoms in total. The Labute approximate surface area is 194 Å². The molecule has 3 aromatic carbocycles. The molecule has 0 saturated heterocycles. The fourth-order valence-electron chi connectivity index (χ4n) is 3.32. The largest absolute Gasteiger partial charge is 0.495 e. The minimum absolute atomic E-state index is 0.0948. The molecule has 0 aliphatic carbocycles. The molecule has 4 aromatic rings. The Morgan fingerprint density at radius 3 is 2.42 bits per heavy atom. The van der Waals surface area contributed by atoms with Crippen molar-refractivity contribution >= 4 is 33.4 Å². The van der Waals surface area contributed by atoms with Crippen LogP contribution < -0.4 is 14.3 Å². The van der Waals surface area contributed by atoms with Crippen LogP contribution in [0.3, 0.4) is 0 Å². The summed E-state index contributed by atoms with van der Waals surface area (Å²) in [6, 6.07) is 21.7. The molecule has 0 unspecified atom stereocenters. The Kier molecular flexibility index (Phi) is 6.85. The summed E-state index contributed by atoms with van der Waals surface area (Å²) >= 11 is 1.29. The number of benzene rings is 3. The van der Waals surface area contributed by atoms with Crippen molar-refractivity contribution in [3.05, 3.63) is 83.2 Å². The van der Waals surface area contributed by atoms with Crippen LogP contribution in [0.25, 0.3) is 10.2 Å². The highest BCUT2D eigenvalue weighted by Gasteiger charge is 2.17. The minimum atomic E-state index is -0.482. The number of esters is 1. The second-order valence-corrected chi connectivity index (χ2v) is 7.92. The lowest BCUT2D eigenvalue weighted by Crippen LogP contribution is -2.23. The van der Waals surface area contributed by atoms with E-state index in [2.05, 4.69) is 4.99 Å². The third-order valence-electron chi connectivity index (χ3n) is 4.76. The average Bonchev–Trinajstić information content (AvgIpc) is 3.17. The van der Waals surface area contributed by atoms with E-state index in [0.29, 0.717) is 33.1 Å². The van der Waals surface area contributed by atoms with Gasteiger partial charge in [0.05, 0.1) is 24.0 Å². The first-order valence-electron chi connectivity index (χ1n) is 10.3. The fourth-order valence-corrected chi connectivity index (χ4v) is 4.37. The molecule has 0 bridgehead atoms. The van der Waals surface area contributed by atoms with E-state index in [1.807, 2.05) is 42.5 Å². The van der Waals surface area contributed by atoms with Crippen LogP contribution in [0.5, 0.6) is 17.2 Å². The number of rotatable bonds is 7. The van der Waals surface area contributed by atoms with Crippen LogP contribution in [0.2, 0.25) is 0 Å². The van der Waals surface area contributed by atoms with Gasteiger partial charge in [0, 0.05) is 0 Å². The predicted octanol–water partition coefficient (Wildman–Crippen LogP) is 4.81. The first-order valence-corrected chi connectivity index (χ1v) is 11.1. The van der Waals surface area contributed by atoms with Crippen molar-refractivity contribution in [1.29, 1.82) is 0 Å². The van der Waals surface area contributed by atoms with Crippen molar-refractivity contribution < 1.29 is 23.8 Å². The normalized spacial score (nSPS) is 11.4. The smallest absolute Gasteiger partial charge is 0.326 e. The van der Waals surface area contributed by atoms with Gasteiger partial charge < -0.3 is 18.8 Å². The maximum Gasteiger partial charge on any atom is 0.326 e. The number of thiazole rings is 1. The van der Waals surface area contributed by atoms with Gasteiger partial charge in [-0.05, 0) is 43.3 Å². The zero-order valence-electron chi connectivity index (χ0n) is 18.2. The molecule has 1 heterocycles. The second kappa shape index (κ2) is 10.1. The molecule has 1 amide bonds. The number of nitrogens with zero attached hydrogens (tertiary/aromatic N) is 2. The monoisotopic (exact) mass is 462 g/mol. The van der Waals surface area contributed by atoms with Gasteiger partial charge in [-0.1, -0.05) is 47.7 Å². The zero-order chi connectivity index (χ0) is 23.2. The molecule has 33 heavy (non-hydrogen) atoms. The predicted molar refractivity (Wildman–Crippen MR) is 126 cm³/mol. The number of ether oxygens (including phenoxy) is 3. The SMILES string of the molecule is CCOC(=O)Cn1c(=NC(=O)c2ccccc2Oc2ccccc2)sc2cccc(OC)c21. The second-order valence-electron chi connectivity index (χ2n) is 6.91. The molecule has 0 aliphatic heterocycles. The molecule has 0 radical (unpaired) electrons. The van der Waals surface area contributed by atoms with E-state index in [1.165, 1.54) is 11.3 Å². The van der Waals surface area contributed by atoms with E-state index in [-0.39, 0.29) is 13.2 Å². The molecule has 168 valence electrons. The van der Waals surface area contributed by atoms with Crippen molar-refractivity contribution in [3.8, 4) is 17.2 Å². The standard InChI is InChI=1S/C25H22N2O5S/c1-3-31-22(28)16-27-23-20(30-2)14-9-15-21(23)33-25(27)26-24(29)18-12-7-8-13-19(18)32-17-10-5-4-6-11-17/h4-15H,3,16H2,1-2H3. The lowest BCUT2D eigenvalue weighted by Gasteiger charge is -2.09. The zero-order valence-corrected chi connectivity index (χ0v) is 19.0. The van der Waals surface area contributed by atoms with Crippen molar-refractivity contribution in [2.45, 2.75) is 13.5 Å². The van der Waals surface area contributed by atoms with E-state index < -0.39 is 11.9 Å². The van der Waals surface area contributed by atoms with Crippen LogP contribution in [0.1, 0.15) is 17.3 Å². The van der Waals surface area contributed by atoms with Gasteiger partial charge in [0.2, 0.25) is 0 Å². The van der Waals surface area contributed by atoms with Gasteiger partial charge in [-0.15, -0.1) is 0 Å². The highest BCUT2D eigenvalue weighted by Crippen LogP contribution is 2.28. The first kappa shape index (κ1) is 22.3. The molecule has 0 N–H and O–H groups in total. The first-order chi connectivity index (χ1) is 16.1. The molecule has 0 atom stereocenters. The third-order valence-corrected chi connectivity index (χ3v) is 5.81. The van der Waals surface area contributed by atoms with Gasteiger partial charge >= 0.3 is 5.97 Å². The maximum absolute atomic E-state index is 13.2. The summed E-state index contributed by atoms with van der Waals surface area (Å²) in [5.74, 6) is 0.680. The van der Waals surface area contributed by atoms with E-state index in [9.17, 15) is 9.59 Å². The highest BCUT2D eigenvalue weighted by atomic mass is 32.1. The summed E-state index contributed by atoms with van der Waals surface area (Å²) in [5, 5.41) is 0. The highest BCUT2D eigenvalue weighted by molar-refractivity contribution is 7.16. The molecule has 8 heteroatoms. The maximum atomic E-state index is 13.2. The summed E-state index contributed by atoms with van der Waals surface area (Å²) in [4.78, 5) is 30.2. The number of amides is 1. The number of hydrogen-bond acceptors (Lipinski definition) is 6. The number of para-hydroxylation sites is 3. The topological polar surface area (TPSA) is 79.1 Å². The lowest BCUT2D eigenvalue weighted by atomic mass is 10.2. The number of methoxy groups -OCH3 is 1. The Bertz CT molecular complexity index is 1360. The van der Waals surface area contributed by atoms with Crippen LogP contribution in [0, 0.1) is 0 Å². The molecular formula is C25H22N2O5S. The van der Waals surface area contributed by atoms with E-state index in [1.54, 1.807) is 48.9 Å². The number of aromatic nitrogens is 1. The number of carbonyl (C=O) groups excluding carboxylic acids is 2. The van der Waals surface area contributed by atoms with Gasteiger partial charge in [0.15, 0.2) is 4.80 Å². The van der Waals surface area contributed by atoms with E-state index in [0.717, 1.165) is 4.70 Å². The molecular weight excluding hydrogens is 440 g/mol. The van der Waals surface area contributed by atoms with Crippen molar-refractivity contribution in [2.75, 3.05) is 13.7 Å². The van der Waals surface area contributed by atoms with Gasteiger partial charge in [-0.3, -0.25) is 9.59 Å². The number of fused-ring (bicyclic) bond motifs is 1. The van der Waals surface area contributed by atoms with Crippen molar-refractivity contribution in [3.63, 3.8) is 0 Å². The van der Waals surface area contributed by atoms with Crippen LogP contribution >= 0.6 is 11.3 Å². The Balaban J connectivity index is 1.79. The van der Waals surface area contributed by atoms with Gasteiger partial charge in [0.1, 0.15) is 29.3 Å². The fraction of sp³-hybridized carbons (Fsp3) is 0.160. The number of hydrogen-bond donors (Lipinski definition) is 0. The summed E-state index contributed by atoms with van der Waals surface area (Å²) < 4.78 is 19.0. The van der Waals surface area contributed by atoms with Crippen molar-refractivity contribution in [1.82, 2.24) is 4.57 Å². The molecule has 1 aromatic heterocycles. The van der Waals surface area contributed by atoms with Crippen molar-refractivity contribution in [2.24, 2.45) is 4.99 Å². The van der Waals surface area contributed by atoms with Crippen LogP contribution in [-0.4, -0.2) is 30.2 Å². The Morgan fingerprint density at radius 2 is 1.67 bits per heavy atom. The van der Waals surface area contributed by atoms with Gasteiger partial charge in [-0.25, -0.2) is 0 Å².